The molecule has 0 fully saturated rings. The lowest BCUT2D eigenvalue weighted by atomic mass is 9.95. The van der Waals surface area contributed by atoms with Crippen LogP contribution in [0.5, 0.6) is 0 Å². The number of nitrogens with one attached hydrogen (secondary N) is 2. The summed E-state index contributed by atoms with van der Waals surface area (Å²) in [7, 11) is 0. The molecule has 0 bridgehead atoms. The van der Waals surface area contributed by atoms with Crippen molar-refractivity contribution in [2.45, 2.75) is 26.8 Å². The smallest absolute Gasteiger partial charge is 0.339 e. The monoisotopic (exact) mass is 414 g/mol. The number of rotatable bonds is 6. The number of urea groups is 1. The van der Waals surface area contributed by atoms with Crippen LogP contribution < -0.4 is 10.6 Å². The molecule has 1 aliphatic rings. The highest BCUT2D eigenvalue weighted by Gasteiger charge is 2.34. The summed E-state index contributed by atoms with van der Waals surface area (Å²) >= 11 is 1.50. The van der Waals surface area contributed by atoms with Crippen molar-refractivity contribution in [2.24, 2.45) is 0 Å². The maximum absolute atomic E-state index is 12.7. The third kappa shape index (κ3) is 4.65. The van der Waals surface area contributed by atoms with E-state index in [1.165, 1.54) is 11.3 Å². The SMILES string of the molecule is CCOC(=O)C1=C(COC(=O)c2cc(C)sc2C)NC(=O)N[C@H]1c1ccccc1. The number of aryl methyl sites for hydroxylation is 2. The minimum Gasteiger partial charge on any atom is -0.463 e. The molecule has 0 aliphatic carbocycles. The zero-order valence-electron chi connectivity index (χ0n) is 16.4. The van der Waals surface area contributed by atoms with Crippen molar-refractivity contribution in [3.05, 3.63) is 68.5 Å². The highest BCUT2D eigenvalue weighted by molar-refractivity contribution is 7.12. The van der Waals surface area contributed by atoms with Gasteiger partial charge in [-0.05, 0) is 32.4 Å². The molecular weight excluding hydrogens is 392 g/mol. The van der Waals surface area contributed by atoms with Gasteiger partial charge in [-0.1, -0.05) is 30.3 Å². The summed E-state index contributed by atoms with van der Waals surface area (Å²) in [5, 5.41) is 5.32. The molecule has 29 heavy (non-hydrogen) atoms. The van der Waals surface area contributed by atoms with Crippen LogP contribution in [0.25, 0.3) is 0 Å². The van der Waals surface area contributed by atoms with E-state index in [0.717, 1.165) is 15.3 Å². The van der Waals surface area contributed by atoms with Gasteiger partial charge in [-0.25, -0.2) is 14.4 Å². The second-order valence-electron chi connectivity index (χ2n) is 6.46. The molecule has 2 heterocycles. The van der Waals surface area contributed by atoms with Crippen molar-refractivity contribution in [2.75, 3.05) is 13.2 Å². The lowest BCUT2D eigenvalue weighted by molar-refractivity contribution is -0.139. The minimum absolute atomic E-state index is 0.179. The third-order valence-electron chi connectivity index (χ3n) is 4.39. The van der Waals surface area contributed by atoms with Gasteiger partial charge in [0.05, 0.1) is 29.5 Å². The van der Waals surface area contributed by atoms with Gasteiger partial charge in [0.15, 0.2) is 0 Å². The van der Waals surface area contributed by atoms with Crippen LogP contribution >= 0.6 is 11.3 Å². The number of thiophene rings is 1. The fourth-order valence-corrected chi connectivity index (χ4v) is 4.04. The van der Waals surface area contributed by atoms with Crippen LogP contribution in [0, 0.1) is 13.8 Å². The topological polar surface area (TPSA) is 93.7 Å². The molecule has 0 radical (unpaired) electrons. The van der Waals surface area contributed by atoms with Crippen LogP contribution in [-0.2, 0) is 14.3 Å². The molecule has 2 amide bonds. The first kappa shape index (κ1) is 20.6. The van der Waals surface area contributed by atoms with Crippen LogP contribution in [-0.4, -0.2) is 31.2 Å². The molecule has 152 valence electrons. The molecule has 2 aromatic rings. The molecule has 1 aromatic carbocycles. The van der Waals surface area contributed by atoms with Gasteiger partial charge in [0.25, 0.3) is 0 Å². The van der Waals surface area contributed by atoms with Crippen LogP contribution in [0.1, 0.15) is 38.6 Å². The molecule has 1 aliphatic heterocycles. The predicted molar refractivity (Wildman–Crippen MR) is 109 cm³/mol. The van der Waals surface area contributed by atoms with Crippen molar-refractivity contribution in [1.82, 2.24) is 10.6 Å². The van der Waals surface area contributed by atoms with Crippen LogP contribution in [0.15, 0.2) is 47.7 Å². The van der Waals surface area contributed by atoms with E-state index >= 15 is 0 Å². The summed E-state index contributed by atoms with van der Waals surface area (Å²) in [4.78, 5) is 39.2. The Labute approximate surface area is 172 Å². The Morgan fingerprint density at radius 3 is 2.45 bits per heavy atom. The van der Waals surface area contributed by atoms with Crippen molar-refractivity contribution >= 4 is 29.3 Å². The van der Waals surface area contributed by atoms with Crippen molar-refractivity contribution in [3.8, 4) is 0 Å². The molecular formula is C21H22N2O5S. The molecule has 3 rings (SSSR count). The second kappa shape index (κ2) is 8.91. The zero-order valence-corrected chi connectivity index (χ0v) is 17.2. The van der Waals surface area contributed by atoms with E-state index in [1.807, 2.05) is 32.0 Å². The van der Waals surface area contributed by atoms with Crippen LogP contribution in [0.4, 0.5) is 4.79 Å². The molecule has 1 aromatic heterocycles. The van der Waals surface area contributed by atoms with E-state index in [1.54, 1.807) is 25.1 Å². The van der Waals surface area contributed by atoms with Gasteiger partial charge in [-0.3, -0.25) is 0 Å². The molecule has 1 atom stereocenters. The lowest BCUT2D eigenvalue weighted by Crippen LogP contribution is -2.47. The maximum Gasteiger partial charge on any atom is 0.339 e. The second-order valence-corrected chi connectivity index (χ2v) is 7.92. The maximum atomic E-state index is 12.7. The number of carbonyl (C=O) groups excluding carboxylic acids is 3. The van der Waals surface area contributed by atoms with Crippen LogP contribution in [0.2, 0.25) is 0 Å². The van der Waals surface area contributed by atoms with E-state index in [2.05, 4.69) is 10.6 Å². The summed E-state index contributed by atoms with van der Waals surface area (Å²) in [6.07, 6.45) is 0. The average molecular weight is 414 g/mol. The van der Waals surface area contributed by atoms with E-state index in [9.17, 15) is 14.4 Å². The fourth-order valence-electron chi connectivity index (χ4n) is 3.13. The van der Waals surface area contributed by atoms with Gasteiger partial charge >= 0.3 is 18.0 Å². The Bertz CT molecular complexity index is 965. The molecule has 8 heteroatoms. The Balaban J connectivity index is 1.92. The van der Waals surface area contributed by atoms with Crippen molar-refractivity contribution in [3.63, 3.8) is 0 Å². The largest absolute Gasteiger partial charge is 0.463 e. The van der Waals surface area contributed by atoms with Crippen molar-refractivity contribution < 1.29 is 23.9 Å². The van der Waals surface area contributed by atoms with Gasteiger partial charge in [0, 0.05) is 9.75 Å². The molecule has 0 saturated heterocycles. The number of hydrogen-bond acceptors (Lipinski definition) is 6. The van der Waals surface area contributed by atoms with Gasteiger partial charge in [-0.2, -0.15) is 0 Å². The van der Waals surface area contributed by atoms with Gasteiger partial charge in [0.1, 0.15) is 6.61 Å². The van der Waals surface area contributed by atoms with E-state index in [0.29, 0.717) is 5.56 Å². The van der Waals surface area contributed by atoms with Crippen molar-refractivity contribution in [1.29, 1.82) is 0 Å². The highest BCUT2D eigenvalue weighted by atomic mass is 32.1. The quantitative estimate of drug-likeness (QED) is 0.707. The predicted octanol–water partition coefficient (Wildman–Crippen LogP) is 3.39. The summed E-state index contributed by atoms with van der Waals surface area (Å²) in [5.74, 6) is -1.09. The first-order valence-electron chi connectivity index (χ1n) is 9.17. The molecule has 0 unspecified atom stereocenters. The Morgan fingerprint density at radius 1 is 1.10 bits per heavy atom. The van der Waals surface area contributed by atoms with Crippen LogP contribution in [0.3, 0.4) is 0 Å². The number of hydrogen-bond donors (Lipinski definition) is 2. The van der Waals surface area contributed by atoms with E-state index in [-0.39, 0.29) is 24.5 Å². The zero-order chi connectivity index (χ0) is 21.0. The fraction of sp³-hybridized carbons (Fsp3) is 0.286. The minimum atomic E-state index is -0.706. The number of carbonyl (C=O) groups is 3. The standard InChI is InChI=1S/C21H22N2O5S/c1-4-27-20(25)17-16(11-28-19(24)15-10-12(2)29-13(15)3)22-21(26)23-18(17)14-8-6-5-7-9-14/h5-10,18H,4,11H2,1-3H3,(H2,22,23,26)/t18-/m0/s1. The van der Waals surface area contributed by atoms with E-state index in [4.69, 9.17) is 9.47 Å². The summed E-state index contributed by atoms with van der Waals surface area (Å²) < 4.78 is 10.6. The van der Waals surface area contributed by atoms with Gasteiger partial charge < -0.3 is 20.1 Å². The number of amides is 2. The normalized spacial score (nSPS) is 16.1. The Morgan fingerprint density at radius 2 is 1.83 bits per heavy atom. The first-order valence-corrected chi connectivity index (χ1v) is 9.99. The Kier molecular flexibility index (Phi) is 6.33. The first-order chi connectivity index (χ1) is 13.9. The molecule has 0 saturated carbocycles. The van der Waals surface area contributed by atoms with Gasteiger partial charge in [0.2, 0.25) is 0 Å². The number of benzene rings is 1. The number of esters is 2. The number of ether oxygens (including phenoxy) is 2. The van der Waals surface area contributed by atoms with Gasteiger partial charge in [-0.15, -0.1) is 11.3 Å². The highest BCUT2D eigenvalue weighted by Crippen LogP contribution is 2.28. The summed E-state index contributed by atoms with van der Waals surface area (Å²) in [6, 6.07) is 9.64. The summed E-state index contributed by atoms with van der Waals surface area (Å²) in [5.41, 5.74) is 1.62. The Hall–Kier alpha value is -3.13. The third-order valence-corrected chi connectivity index (χ3v) is 5.36. The average Bonchev–Trinajstić information content (AvgIpc) is 3.04. The lowest BCUT2D eigenvalue weighted by Gasteiger charge is -2.29. The van der Waals surface area contributed by atoms with E-state index < -0.39 is 24.0 Å². The summed E-state index contributed by atoms with van der Waals surface area (Å²) in [6.45, 7) is 5.38. The molecule has 0 spiro atoms. The molecule has 2 N–H and O–H groups in total. The molecule has 7 nitrogen and oxygen atoms in total.